The molecule has 0 N–H and O–H groups in total. The van der Waals surface area contributed by atoms with Gasteiger partial charge in [-0.1, -0.05) is 0 Å². The second-order valence-corrected chi connectivity index (χ2v) is 5.61. The molecule has 3 rings (SSSR count). The predicted molar refractivity (Wildman–Crippen MR) is 80.3 cm³/mol. The lowest BCUT2D eigenvalue weighted by Crippen LogP contribution is -2.34. The molecule has 0 saturated carbocycles. The van der Waals surface area contributed by atoms with E-state index in [1.54, 1.807) is 24.3 Å². The zero-order valence-electron chi connectivity index (χ0n) is 12.1. The number of hydrogen-bond donors (Lipinski definition) is 0. The standard InChI is InChI=1S/C16H14N2O4/c1-16(2)10-13(14-5-3-4-8-17(14)19)12-9-11(18(20)21)6-7-15(12)22-16/h3-10H,1-2H3. The van der Waals surface area contributed by atoms with Crippen LogP contribution in [0.15, 0.2) is 48.7 Å². The summed E-state index contributed by atoms with van der Waals surface area (Å²) in [5.74, 6) is 0.525. The molecule has 112 valence electrons. The van der Waals surface area contributed by atoms with E-state index in [4.69, 9.17) is 4.74 Å². The minimum absolute atomic E-state index is 0.0404. The van der Waals surface area contributed by atoms with Gasteiger partial charge < -0.3 is 9.94 Å². The number of benzene rings is 1. The first kappa shape index (κ1) is 14.1. The minimum Gasteiger partial charge on any atom is -0.618 e. The molecule has 6 heteroatoms. The van der Waals surface area contributed by atoms with Gasteiger partial charge in [0.15, 0.2) is 6.20 Å². The monoisotopic (exact) mass is 298 g/mol. The van der Waals surface area contributed by atoms with E-state index < -0.39 is 10.5 Å². The molecule has 1 aromatic carbocycles. The summed E-state index contributed by atoms with van der Waals surface area (Å²) < 4.78 is 6.58. The van der Waals surface area contributed by atoms with Gasteiger partial charge in [0.05, 0.1) is 10.5 Å². The van der Waals surface area contributed by atoms with Crippen molar-refractivity contribution in [2.75, 3.05) is 0 Å². The summed E-state index contributed by atoms with van der Waals surface area (Å²) in [6.07, 6.45) is 3.21. The molecule has 0 atom stereocenters. The SMILES string of the molecule is CC1(C)C=C(c2cccc[n+]2[O-])c2cc([N+](=O)[O-])ccc2O1. The third-order valence-corrected chi connectivity index (χ3v) is 3.43. The maximum absolute atomic E-state index is 12.1. The number of ether oxygens (including phenoxy) is 1. The molecule has 6 nitrogen and oxygen atoms in total. The largest absolute Gasteiger partial charge is 0.618 e. The Kier molecular flexibility index (Phi) is 3.09. The van der Waals surface area contributed by atoms with E-state index in [-0.39, 0.29) is 5.69 Å². The molecule has 1 aromatic heterocycles. The van der Waals surface area contributed by atoms with Gasteiger partial charge in [-0.15, -0.1) is 0 Å². The van der Waals surface area contributed by atoms with Crippen LogP contribution in [0, 0.1) is 15.3 Å². The van der Waals surface area contributed by atoms with Crippen LogP contribution in [-0.2, 0) is 0 Å². The second kappa shape index (κ2) is 4.84. The molecule has 2 heterocycles. The molecule has 2 aromatic rings. The number of non-ortho nitro benzene ring substituents is 1. The molecule has 0 aliphatic carbocycles. The van der Waals surface area contributed by atoms with E-state index in [0.717, 1.165) is 4.73 Å². The van der Waals surface area contributed by atoms with Crippen LogP contribution in [0.25, 0.3) is 5.57 Å². The Balaban J connectivity index is 2.25. The Hall–Kier alpha value is -2.89. The van der Waals surface area contributed by atoms with Gasteiger partial charge in [0.2, 0.25) is 5.69 Å². The number of rotatable bonds is 2. The van der Waals surface area contributed by atoms with E-state index in [1.165, 1.54) is 18.3 Å². The zero-order chi connectivity index (χ0) is 15.9. The van der Waals surface area contributed by atoms with Gasteiger partial charge in [0.25, 0.3) is 5.69 Å². The van der Waals surface area contributed by atoms with Gasteiger partial charge in [0.1, 0.15) is 11.4 Å². The topological polar surface area (TPSA) is 79.3 Å². The van der Waals surface area contributed by atoms with Gasteiger partial charge in [-0.25, -0.2) is 0 Å². The number of hydrogen-bond acceptors (Lipinski definition) is 4. The predicted octanol–water partition coefficient (Wildman–Crippen LogP) is 2.83. The zero-order valence-corrected chi connectivity index (χ0v) is 12.1. The fraction of sp³-hybridized carbons (Fsp3) is 0.188. The van der Waals surface area contributed by atoms with Crippen molar-refractivity contribution in [3.8, 4) is 5.75 Å². The summed E-state index contributed by atoms with van der Waals surface area (Å²) in [4.78, 5) is 10.5. The molecule has 0 bridgehead atoms. The van der Waals surface area contributed by atoms with Crippen molar-refractivity contribution in [1.29, 1.82) is 0 Å². The van der Waals surface area contributed by atoms with Gasteiger partial charge in [-0.3, -0.25) is 10.1 Å². The van der Waals surface area contributed by atoms with Crippen LogP contribution in [0.3, 0.4) is 0 Å². The second-order valence-electron chi connectivity index (χ2n) is 5.61. The van der Waals surface area contributed by atoms with Crippen molar-refractivity contribution in [3.05, 3.63) is 75.3 Å². The maximum Gasteiger partial charge on any atom is 0.270 e. The Morgan fingerprint density at radius 1 is 1.23 bits per heavy atom. The van der Waals surface area contributed by atoms with Crippen molar-refractivity contribution in [1.82, 2.24) is 0 Å². The smallest absolute Gasteiger partial charge is 0.270 e. The average Bonchev–Trinajstić information content (AvgIpc) is 2.45. The first-order valence-corrected chi connectivity index (χ1v) is 6.77. The molecule has 0 radical (unpaired) electrons. The summed E-state index contributed by atoms with van der Waals surface area (Å²) in [5.41, 5.74) is 0.957. The third-order valence-electron chi connectivity index (χ3n) is 3.43. The molecule has 22 heavy (non-hydrogen) atoms. The fourth-order valence-electron chi connectivity index (χ4n) is 2.52. The van der Waals surface area contributed by atoms with Gasteiger partial charge in [-0.05, 0) is 32.1 Å². The molecule has 1 aliphatic rings. The lowest BCUT2D eigenvalue weighted by molar-refractivity contribution is -0.608. The van der Waals surface area contributed by atoms with Crippen molar-refractivity contribution in [3.63, 3.8) is 0 Å². The summed E-state index contributed by atoms with van der Waals surface area (Å²) in [7, 11) is 0. The highest BCUT2D eigenvalue weighted by atomic mass is 16.6. The normalized spacial score (nSPS) is 15.5. The van der Waals surface area contributed by atoms with Crippen molar-refractivity contribution >= 4 is 11.3 Å². The van der Waals surface area contributed by atoms with E-state index in [2.05, 4.69) is 0 Å². The van der Waals surface area contributed by atoms with Gasteiger partial charge in [-0.2, -0.15) is 4.73 Å². The third kappa shape index (κ3) is 2.39. The molecular formula is C16H14N2O4. The minimum atomic E-state index is -0.610. The Morgan fingerprint density at radius 2 is 2.00 bits per heavy atom. The summed E-state index contributed by atoms with van der Waals surface area (Å²) in [5, 5.41) is 23.1. The van der Waals surface area contributed by atoms with Crippen LogP contribution in [0.5, 0.6) is 5.75 Å². The molecule has 1 aliphatic heterocycles. The van der Waals surface area contributed by atoms with Crippen LogP contribution in [0.1, 0.15) is 25.1 Å². The van der Waals surface area contributed by atoms with Crippen LogP contribution < -0.4 is 9.47 Å². The van der Waals surface area contributed by atoms with Crippen LogP contribution in [-0.4, -0.2) is 10.5 Å². The summed E-state index contributed by atoms with van der Waals surface area (Å²) >= 11 is 0. The van der Waals surface area contributed by atoms with E-state index >= 15 is 0 Å². The van der Waals surface area contributed by atoms with Crippen LogP contribution in [0.2, 0.25) is 0 Å². The maximum atomic E-state index is 12.1. The molecule has 0 spiro atoms. The highest BCUT2D eigenvalue weighted by molar-refractivity contribution is 5.83. The number of fused-ring (bicyclic) bond motifs is 1. The highest BCUT2D eigenvalue weighted by Gasteiger charge is 2.31. The van der Waals surface area contributed by atoms with Crippen LogP contribution >= 0.6 is 0 Å². The quantitative estimate of drug-likeness (QED) is 0.369. The first-order chi connectivity index (χ1) is 10.4. The number of aromatic nitrogens is 1. The summed E-state index contributed by atoms with van der Waals surface area (Å²) in [6.45, 7) is 3.74. The number of pyridine rings is 1. The van der Waals surface area contributed by atoms with E-state index in [1.807, 2.05) is 19.9 Å². The Morgan fingerprint density at radius 3 is 2.68 bits per heavy atom. The average molecular weight is 298 g/mol. The van der Waals surface area contributed by atoms with Crippen molar-refractivity contribution in [2.24, 2.45) is 0 Å². The molecule has 0 amide bonds. The number of nitro benzene ring substituents is 1. The molecule has 0 fully saturated rings. The first-order valence-electron chi connectivity index (χ1n) is 6.77. The lowest BCUT2D eigenvalue weighted by Gasteiger charge is -2.30. The fourth-order valence-corrected chi connectivity index (χ4v) is 2.52. The Bertz CT molecular complexity index is 796. The van der Waals surface area contributed by atoms with Gasteiger partial charge >= 0.3 is 0 Å². The van der Waals surface area contributed by atoms with E-state index in [0.29, 0.717) is 22.6 Å². The van der Waals surface area contributed by atoms with Gasteiger partial charge in [0, 0.05) is 29.8 Å². The molecule has 0 saturated heterocycles. The van der Waals surface area contributed by atoms with E-state index in [9.17, 15) is 15.3 Å². The number of nitro groups is 1. The van der Waals surface area contributed by atoms with Crippen LogP contribution in [0.4, 0.5) is 5.69 Å². The molecular weight excluding hydrogens is 284 g/mol. The lowest BCUT2D eigenvalue weighted by atomic mass is 9.92. The summed E-state index contributed by atoms with van der Waals surface area (Å²) in [6, 6.07) is 9.47. The highest BCUT2D eigenvalue weighted by Crippen LogP contribution is 2.40. The Labute approximate surface area is 127 Å². The van der Waals surface area contributed by atoms with Crippen molar-refractivity contribution in [2.45, 2.75) is 19.4 Å². The van der Waals surface area contributed by atoms with Crippen molar-refractivity contribution < 1.29 is 14.4 Å². The molecule has 0 unspecified atom stereocenters. The number of nitrogens with zero attached hydrogens (tertiary/aromatic N) is 2.